The molecule has 4 rings (SSSR count). The summed E-state index contributed by atoms with van der Waals surface area (Å²) in [5, 5.41) is 5.18. The maximum atomic E-state index is 13.0. The molecule has 1 aliphatic rings. The predicted octanol–water partition coefficient (Wildman–Crippen LogP) is 2.87. The van der Waals surface area contributed by atoms with E-state index in [1.165, 1.54) is 25.5 Å². The summed E-state index contributed by atoms with van der Waals surface area (Å²) in [4.78, 5) is 14.6. The van der Waals surface area contributed by atoms with Crippen LogP contribution in [-0.4, -0.2) is 45.1 Å². The number of hydrogen-bond donors (Lipinski definition) is 2. The van der Waals surface area contributed by atoms with Crippen LogP contribution in [0.15, 0.2) is 64.6 Å². The van der Waals surface area contributed by atoms with Gasteiger partial charge in [0.2, 0.25) is 15.9 Å². The van der Waals surface area contributed by atoms with Crippen molar-refractivity contribution in [2.45, 2.75) is 23.9 Å². The highest BCUT2D eigenvalue weighted by Crippen LogP contribution is 2.34. The molecule has 3 aromatic rings. The third-order valence-electron chi connectivity index (χ3n) is 5.56. The van der Waals surface area contributed by atoms with Gasteiger partial charge >= 0.3 is 0 Å². The summed E-state index contributed by atoms with van der Waals surface area (Å²) < 4.78 is 33.9. The number of hydrazone groups is 1. The van der Waals surface area contributed by atoms with Crippen LogP contribution in [0.4, 0.5) is 0 Å². The topological polar surface area (TPSA) is 114 Å². The van der Waals surface area contributed by atoms with Crippen molar-refractivity contribution in [2.75, 3.05) is 13.7 Å². The quantitative estimate of drug-likeness (QED) is 0.303. The first-order valence-electron chi connectivity index (χ1n) is 10.2. The number of likely N-dealkylation sites (tertiary alicyclic amines) is 1. The van der Waals surface area contributed by atoms with Crippen LogP contribution in [0.25, 0.3) is 10.8 Å². The van der Waals surface area contributed by atoms with Crippen molar-refractivity contribution in [1.29, 1.82) is 0 Å². The molecule has 1 atom stereocenters. The van der Waals surface area contributed by atoms with Crippen LogP contribution in [0.1, 0.15) is 17.5 Å². The summed E-state index contributed by atoms with van der Waals surface area (Å²) in [5.74, 6) is 5.39. The number of nitrogens with zero attached hydrogens (tertiary/aromatic N) is 2. The van der Waals surface area contributed by atoms with Crippen LogP contribution in [0.5, 0.6) is 5.75 Å². The average Bonchev–Trinajstić information content (AvgIpc) is 3.13. The summed E-state index contributed by atoms with van der Waals surface area (Å²) in [6.45, 7) is 0.816. The molecule has 33 heavy (non-hydrogen) atoms. The first-order valence-corrected chi connectivity index (χ1v) is 12.1. The summed E-state index contributed by atoms with van der Waals surface area (Å²) in [7, 11) is -2.45. The first-order chi connectivity index (χ1) is 15.8. The summed E-state index contributed by atoms with van der Waals surface area (Å²) in [6, 6.07) is 14.8. The van der Waals surface area contributed by atoms with E-state index in [1.54, 1.807) is 23.1 Å². The second-order valence-corrected chi connectivity index (χ2v) is 9.80. The van der Waals surface area contributed by atoms with Crippen molar-refractivity contribution in [3.8, 4) is 5.75 Å². The van der Waals surface area contributed by atoms with E-state index in [2.05, 4.69) is 9.82 Å². The lowest BCUT2D eigenvalue weighted by molar-refractivity contribution is -0.129. The summed E-state index contributed by atoms with van der Waals surface area (Å²) >= 11 is 6.37. The highest BCUT2D eigenvalue weighted by Gasteiger charge is 2.35. The Morgan fingerprint density at radius 2 is 2.03 bits per heavy atom. The van der Waals surface area contributed by atoms with Gasteiger partial charge in [0.25, 0.3) is 0 Å². The normalized spacial score (nSPS) is 16.7. The molecule has 0 aliphatic carbocycles. The number of ether oxygens (including phenoxy) is 1. The number of nitrogens with one attached hydrogen (secondary N) is 1. The fraction of sp³-hybridized carbons (Fsp3) is 0.217. The molecule has 1 saturated heterocycles. The Morgan fingerprint density at radius 3 is 2.79 bits per heavy atom. The Kier molecular flexibility index (Phi) is 6.55. The minimum atomic E-state index is -3.94. The third-order valence-corrected chi connectivity index (χ3v) is 7.42. The number of sulfonamides is 1. The SMILES string of the molecule is COc1ccc2ccc(S(=O)(=O)N[C@H]3CCN(Cc4cccc(C=NN)c4)C3=O)cc2c1Cl. The van der Waals surface area contributed by atoms with Crippen LogP contribution in [0.3, 0.4) is 0 Å². The molecule has 1 aliphatic heterocycles. The number of carbonyl (C=O) groups is 1. The predicted molar refractivity (Wildman–Crippen MR) is 128 cm³/mol. The number of rotatable bonds is 7. The van der Waals surface area contributed by atoms with Crippen molar-refractivity contribution in [3.63, 3.8) is 0 Å². The van der Waals surface area contributed by atoms with Crippen LogP contribution in [0.2, 0.25) is 5.02 Å². The van der Waals surface area contributed by atoms with Crippen LogP contribution in [0, 0.1) is 0 Å². The molecule has 1 fully saturated rings. The second-order valence-electron chi connectivity index (χ2n) is 7.71. The number of amides is 1. The average molecular weight is 487 g/mol. The molecule has 10 heteroatoms. The molecule has 1 heterocycles. The van der Waals surface area contributed by atoms with Crippen molar-refractivity contribution < 1.29 is 17.9 Å². The van der Waals surface area contributed by atoms with Crippen LogP contribution >= 0.6 is 11.6 Å². The van der Waals surface area contributed by atoms with E-state index in [-0.39, 0.29) is 10.8 Å². The Bertz CT molecular complexity index is 1340. The highest BCUT2D eigenvalue weighted by molar-refractivity contribution is 7.89. The van der Waals surface area contributed by atoms with Crippen molar-refractivity contribution in [2.24, 2.45) is 10.9 Å². The Hall–Kier alpha value is -3.14. The van der Waals surface area contributed by atoms with Gasteiger partial charge in [0.05, 0.1) is 23.2 Å². The smallest absolute Gasteiger partial charge is 0.241 e. The minimum Gasteiger partial charge on any atom is -0.495 e. The van der Waals surface area contributed by atoms with E-state index in [4.69, 9.17) is 22.2 Å². The van der Waals surface area contributed by atoms with Gasteiger partial charge in [-0.25, -0.2) is 8.42 Å². The molecule has 0 spiro atoms. The van der Waals surface area contributed by atoms with Gasteiger partial charge in [-0.15, -0.1) is 0 Å². The zero-order chi connectivity index (χ0) is 23.6. The fourth-order valence-electron chi connectivity index (χ4n) is 3.91. The lowest BCUT2D eigenvalue weighted by Gasteiger charge is -2.18. The van der Waals surface area contributed by atoms with Gasteiger partial charge in [-0.2, -0.15) is 9.82 Å². The lowest BCUT2D eigenvalue weighted by Crippen LogP contribution is -2.41. The number of benzene rings is 3. The molecule has 172 valence electrons. The largest absolute Gasteiger partial charge is 0.495 e. The van der Waals surface area contributed by atoms with Gasteiger partial charge < -0.3 is 15.5 Å². The second kappa shape index (κ2) is 9.38. The molecule has 3 N–H and O–H groups in total. The summed E-state index contributed by atoms with van der Waals surface area (Å²) in [5.41, 5.74) is 1.73. The lowest BCUT2D eigenvalue weighted by atomic mass is 10.1. The van der Waals surface area contributed by atoms with Crippen molar-refractivity contribution in [3.05, 3.63) is 70.7 Å². The van der Waals surface area contributed by atoms with Gasteiger partial charge in [-0.3, -0.25) is 4.79 Å². The van der Waals surface area contributed by atoms with E-state index < -0.39 is 16.1 Å². The van der Waals surface area contributed by atoms with E-state index in [0.29, 0.717) is 35.7 Å². The van der Waals surface area contributed by atoms with E-state index in [1.807, 2.05) is 24.3 Å². The zero-order valence-electron chi connectivity index (χ0n) is 17.9. The van der Waals surface area contributed by atoms with Crippen LogP contribution in [-0.2, 0) is 21.4 Å². The number of methoxy groups -OCH3 is 1. The number of carbonyl (C=O) groups excluding carboxylic acids is 1. The monoisotopic (exact) mass is 486 g/mol. The molecule has 0 saturated carbocycles. The van der Waals surface area contributed by atoms with Gasteiger partial charge in [0.1, 0.15) is 11.8 Å². The molecular formula is C23H23ClN4O4S. The number of halogens is 1. The van der Waals surface area contributed by atoms with Crippen molar-refractivity contribution >= 4 is 44.5 Å². The molecule has 0 bridgehead atoms. The molecule has 0 radical (unpaired) electrons. The molecule has 3 aromatic carbocycles. The van der Waals surface area contributed by atoms with Crippen LogP contribution < -0.4 is 15.3 Å². The Balaban J connectivity index is 1.51. The first kappa shape index (κ1) is 23.0. The molecule has 1 amide bonds. The zero-order valence-corrected chi connectivity index (χ0v) is 19.4. The van der Waals surface area contributed by atoms with Gasteiger partial charge in [-0.1, -0.05) is 41.9 Å². The maximum Gasteiger partial charge on any atom is 0.241 e. The number of fused-ring (bicyclic) bond motifs is 1. The molecule has 8 nitrogen and oxygen atoms in total. The standard InChI is InChI=1S/C23H23ClN4O4S/c1-32-21-8-6-17-5-7-18(12-19(17)22(21)24)33(30,31)27-20-9-10-28(23(20)29)14-16-4-2-3-15(11-16)13-26-25/h2-8,11-13,20,27H,9-10,14,25H2,1H3/t20-/m0/s1. The Labute approximate surface area is 197 Å². The third kappa shape index (κ3) is 4.80. The fourth-order valence-corrected chi connectivity index (χ4v) is 5.46. The van der Waals surface area contributed by atoms with Gasteiger partial charge in [0.15, 0.2) is 0 Å². The molecule has 0 unspecified atom stereocenters. The number of nitrogens with two attached hydrogens (primary N) is 1. The highest BCUT2D eigenvalue weighted by atomic mass is 35.5. The Morgan fingerprint density at radius 1 is 1.24 bits per heavy atom. The number of hydrogen-bond acceptors (Lipinski definition) is 6. The van der Waals surface area contributed by atoms with E-state index in [0.717, 1.165) is 16.5 Å². The van der Waals surface area contributed by atoms with E-state index in [9.17, 15) is 13.2 Å². The van der Waals surface area contributed by atoms with Gasteiger partial charge in [-0.05, 0) is 47.2 Å². The van der Waals surface area contributed by atoms with Crippen molar-refractivity contribution in [1.82, 2.24) is 9.62 Å². The molecule has 0 aromatic heterocycles. The summed E-state index contributed by atoms with van der Waals surface area (Å²) in [6.07, 6.45) is 1.90. The minimum absolute atomic E-state index is 0.0326. The van der Waals surface area contributed by atoms with E-state index >= 15 is 0 Å². The maximum absolute atomic E-state index is 13.0. The van der Waals surface area contributed by atoms with Gasteiger partial charge in [0, 0.05) is 18.5 Å². The molecular weight excluding hydrogens is 464 g/mol.